The molecule has 1 aliphatic rings. The van der Waals surface area contributed by atoms with Crippen molar-refractivity contribution in [2.24, 2.45) is 0 Å². The third-order valence-corrected chi connectivity index (χ3v) is 3.04. The first-order valence-electron chi connectivity index (χ1n) is 6.10. The number of ether oxygens (including phenoxy) is 2. The quantitative estimate of drug-likeness (QED) is 0.588. The van der Waals surface area contributed by atoms with E-state index in [1.807, 2.05) is 6.07 Å². The highest BCUT2D eigenvalue weighted by molar-refractivity contribution is 6.31. The molecule has 0 saturated heterocycles. The van der Waals surface area contributed by atoms with Gasteiger partial charge in [-0.25, -0.2) is 9.59 Å². The van der Waals surface area contributed by atoms with Gasteiger partial charge in [0, 0.05) is 23.2 Å². The van der Waals surface area contributed by atoms with Gasteiger partial charge in [0.2, 0.25) is 0 Å². The average molecular weight is 311 g/mol. The minimum absolute atomic E-state index is 0.0457. The summed E-state index contributed by atoms with van der Waals surface area (Å²) >= 11 is 5.92. The number of hydrogen-bond donors (Lipinski definition) is 0. The number of halogens is 1. The second-order valence-corrected chi connectivity index (χ2v) is 4.66. The van der Waals surface area contributed by atoms with Crippen molar-refractivity contribution in [1.82, 2.24) is 4.90 Å². The number of esters is 1. The largest absolute Gasteiger partial charge is 0.466 e. The summed E-state index contributed by atoms with van der Waals surface area (Å²) in [6.07, 6.45) is 3.31. The van der Waals surface area contributed by atoms with E-state index in [2.05, 4.69) is 11.3 Å². The molecule has 0 bridgehead atoms. The van der Waals surface area contributed by atoms with Crippen molar-refractivity contribution in [1.29, 1.82) is 5.26 Å². The van der Waals surface area contributed by atoms with Gasteiger partial charge in [0.15, 0.2) is 5.54 Å². The average Bonchev–Trinajstić information content (AvgIpc) is 2.46. The van der Waals surface area contributed by atoms with Crippen LogP contribution in [0.2, 0.25) is 0 Å². The van der Waals surface area contributed by atoms with E-state index in [0.29, 0.717) is 0 Å². The van der Waals surface area contributed by atoms with Gasteiger partial charge in [-0.15, -0.1) is 0 Å². The van der Waals surface area contributed by atoms with Crippen LogP contribution >= 0.6 is 11.6 Å². The van der Waals surface area contributed by atoms with Gasteiger partial charge in [-0.1, -0.05) is 18.2 Å². The summed E-state index contributed by atoms with van der Waals surface area (Å²) in [4.78, 5) is 24.6. The Morgan fingerprint density at radius 1 is 1.57 bits per heavy atom. The molecule has 21 heavy (non-hydrogen) atoms. The lowest BCUT2D eigenvalue weighted by Crippen LogP contribution is -2.48. The maximum atomic E-state index is 12.0. The Kier molecular flexibility index (Phi) is 5.56. The van der Waals surface area contributed by atoms with Crippen LogP contribution in [0.4, 0.5) is 4.79 Å². The summed E-state index contributed by atoms with van der Waals surface area (Å²) in [5, 5.41) is 9.79. The normalized spacial score (nSPS) is 20.3. The van der Waals surface area contributed by atoms with E-state index in [4.69, 9.17) is 16.3 Å². The van der Waals surface area contributed by atoms with Crippen LogP contribution in [0.15, 0.2) is 35.5 Å². The molecule has 1 atom stereocenters. The van der Waals surface area contributed by atoms with Crippen molar-refractivity contribution in [3.05, 3.63) is 35.5 Å². The number of nitrogens with zero attached hydrogens (tertiary/aromatic N) is 2. The fourth-order valence-corrected chi connectivity index (χ4v) is 2.08. The Labute approximate surface area is 127 Å². The van der Waals surface area contributed by atoms with Crippen LogP contribution in [0.1, 0.15) is 13.3 Å². The summed E-state index contributed by atoms with van der Waals surface area (Å²) in [6, 6.07) is 1.99. The first kappa shape index (κ1) is 16.8. The molecular formula is C14H15ClN2O4. The number of methoxy groups -OCH3 is 1. The van der Waals surface area contributed by atoms with Crippen LogP contribution < -0.4 is 0 Å². The summed E-state index contributed by atoms with van der Waals surface area (Å²) in [5.74, 6) is -0.660. The molecule has 0 aromatic rings. The molecule has 0 aliphatic carbocycles. The lowest BCUT2D eigenvalue weighted by atomic mass is 9.89. The monoisotopic (exact) mass is 310 g/mol. The van der Waals surface area contributed by atoms with Crippen LogP contribution in [0, 0.1) is 11.3 Å². The standard InChI is InChI=1S/C14H15ClN2O4/c1-4-21-13(19)17-6-5-11(15)8-14(17,9-16)7-10(2)12(18)20-3/h5-6,8H,2,4,7H2,1,3H3. The lowest BCUT2D eigenvalue weighted by molar-refractivity contribution is -0.136. The number of carbonyl (C=O) groups is 2. The van der Waals surface area contributed by atoms with E-state index < -0.39 is 17.6 Å². The zero-order chi connectivity index (χ0) is 16.0. The minimum Gasteiger partial charge on any atom is -0.466 e. The molecule has 0 aromatic heterocycles. The molecule has 0 aromatic carbocycles. The topological polar surface area (TPSA) is 79.6 Å². The Morgan fingerprint density at radius 2 is 2.24 bits per heavy atom. The highest BCUT2D eigenvalue weighted by Gasteiger charge is 2.41. The Bertz CT molecular complexity index is 562. The smallest absolute Gasteiger partial charge is 0.415 e. The SMILES string of the molecule is C=C(CC1(C#N)C=C(Cl)C=CN1C(=O)OCC)C(=O)OC. The van der Waals surface area contributed by atoms with E-state index in [0.717, 1.165) is 4.90 Å². The fraction of sp³-hybridized carbons (Fsp3) is 0.357. The molecule has 0 N–H and O–H groups in total. The van der Waals surface area contributed by atoms with Crippen LogP contribution in [0.3, 0.4) is 0 Å². The van der Waals surface area contributed by atoms with Crippen molar-refractivity contribution >= 4 is 23.7 Å². The third kappa shape index (κ3) is 3.64. The van der Waals surface area contributed by atoms with Crippen molar-refractivity contribution in [2.75, 3.05) is 13.7 Å². The second kappa shape index (κ2) is 6.95. The highest BCUT2D eigenvalue weighted by atomic mass is 35.5. The molecule has 1 unspecified atom stereocenters. The molecule has 1 aliphatic heterocycles. The molecule has 1 rings (SSSR count). The van der Waals surface area contributed by atoms with Gasteiger partial charge < -0.3 is 9.47 Å². The maximum Gasteiger partial charge on any atom is 0.415 e. The molecular weight excluding hydrogens is 296 g/mol. The third-order valence-electron chi connectivity index (χ3n) is 2.80. The van der Waals surface area contributed by atoms with E-state index in [-0.39, 0.29) is 23.6 Å². The van der Waals surface area contributed by atoms with Gasteiger partial charge >= 0.3 is 12.1 Å². The first-order valence-corrected chi connectivity index (χ1v) is 6.48. The van der Waals surface area contributed by atoms with Crippen LogP contribution in [-0.2, 0) is 14.3 Å². The van der Waals surface area contributed by atoms with Gasteiger partial charge in [-0.05, 0) is 19.1 Å². The molecule has 6 nitrogen and oxygen atoms in total. The van der Waals surface area contributed by atoms with Crippen molar-refractivity contribution in [3.63, 3.8) is 0 Å². The first-order chi connectivity index (χ1) is 9.90. The zero-order valence-electron chi connectivity index (χ0n) is 11.8. The lowest BCUT2D eigenvalue weighted by Gasteiger charge is -2.35. The number of carbonyl (C=O) groups excluding carboxylic acids is 2. The molecule has 0 saturated carbocycles. The number of allylic oxidation sites excluding steroid dienone is 2. The number of rotatable bonds is 4. The summed E-state index contributed by atoms with van der Waals surface area (Å²) in [7, 11) is 1.21. The fourth-order valence-electron chi connectivity index (χ4n) is 1.84. The predicted octanol–water partition coefficient (Wildman–Crippen LogP) is 2.48. The Hall–Kier alpha value is -2.26. The van der Waals surface area contributed by atoms with Gasteiger partial charge in [-0.2, -0.15) is 5.26 Å². The maximum absolute atomic E-state index is 12.0. The Balaban J connectivity index is 3.16. The second-order valence-electron chi connectivity index (χ2n) is 4.22. The number of hydrogen-bond acceptors (Lipinski definition) is 5. The van der Waals surface area contributed by atoms with Crippen LogP contribution in [0.25, 0.3) is 0 Å². The molecule has 1 heterocycles. The van der Waals surface area contributed by atoms with Crippen molar-refractivity contribution in [2.45, 2.75) is 18.9 Å². The van der Waals surface area contributed by atoms with E-state index in [1.165, 1.54) is 25.5 Å². The number of nitriles is 1. The van der Waals surface area contributed by atoms with Gasteiger partial charge in [0.05, 0.1) is 19.8 Å². The van der Waals surface area contributed by atoms with Crippen LogP contribution in [-0.4, -0.2) is 36.2 Å². The Morgan fingerprint density at radius 3 is 2.76 bits per heavy atom. The van der Waals surface area contributed by atoms with Gasteiger partial charge in [0.25, 0.3) is 0 Å². The molecule has 1 amide bonds. The molecule has 0 radical (unpaired) electrons. The van der Waals surface area contributed by atoms with Gasteiger partial charge in [-0.3, -0.25) is 4.90 Å². The zero-order valence-corrected chi connectivity index (χ0v) is 12.5. The summed E-state index contributed by atoms with van der Waals surface area (Å²) in [6.45, 7) is 5.38. The minimum atomic E-state index is -1.48. The highest BCUT2D eigenvalue weighted by Crippen LogP contribution is 2.32. The van der Waals surface area contributed by atoms with Crippen LogP contribution in [0.5, 0.6) is 0 Å². The van der Waals surface area contributed by atoms with Crippen molar-refractivity contribution in [3.8, 4) is 6.07 Å². The molecule has 0 spiro atoms. The molecule has 112 valence electrons. The number of amides is 1. The van der Waals surface area contributed by atoms with E-state index >= 15 is 0 Å². The summed E-state index contributed by atoms with van der Waals surface area (Å²) in [5.41, 5.74) is -1.44. The van der Waals surface area contributed by atoms with E-state index in [9.17, 15) is 14.9 Å². The van der Waals surface area contributed by atoms with Gasteiger partial charge in [0.1, 0.15) is 0 Å². The van der Waals surface area contributed by atoms with E-state index in [1.54, 1.807) is 6.92 Å². The molecule has 7 heteroatoms. The predicted molar refractivity (Wildman–Crippen MR) is 76.1 cm³/mol. The van der Waals surface area contributed by atoms with Crippen molar-refractivity contribution < 1.29 is 19.1 Å². The molecule has 0 fully saturated rings. The summed E-state index contributed by atoms with van der Waals surface area (Å²) < 4.78 is 9.47.